The third kappa shape index (κ3) is 4.07. The Morgan fingerprint density at radius 3 is 2.58 bits per heavy atom. The molecular formula is C18H22F2N4. The zero-order chi connectivity index (χ0) is 16.9. The molecule has 2 heterocycles. The van der Waals surface area contributed by atoms with Gasteiger partial charge in [-0.3, -0.25) is 0 Å². The average molecular weight is 332 g/mol. The van der Waals surface area contributed by atoms with Crippen molar-refractivity contribution in [1.29, 1.82) is 0 Å². The van der Waals surface area contributed by atoms with Gasteiger partial charge >= 0.3 is 0 Å². The molecule has 0 bridgehead atoms. The molecule has 24 heavy (non-hydrogen) atoms. The fraction of sp³-hybridized carbons (Fsp3) is 0.389. The summed E-state index contributed by atoms with van der Waals surface area (Å²) in [7, 11) is 2.13. The van der Waals surface area contributed by atoms with E-state index in [1.165, 1.54) is 6.07 Å². The van der Waals surface area contributed by atoms with Crippen LogP contribution < -0.4 is 10.2 Å². The Labute approximate surface area is 141 Å². The first-order valence-electron chi connectivity index (χ1n) is 8.15. The number of anilines is 1. The Kier molecular flexibility index (Phi) is 5.37. The lowest BCUT2D eigenvalue weighted by atomic mass is 10.2. The van der Waals surface area contributed by atoms with Crippen LogP contribution in [-0.4, -0.2) is 43.1 Å². The first-order chi connectivity index (χ1) is 11.6. The molecule has 0 unspecified atom stereocenters. The second-order valence-corrected chi connectivity index (χ2v) is 6.13. The smallest absolute Gasteiger partial charge is 0.159 e. The van der Waals surface area contributed by atoms with Crippen molar-refractivity contribution < 1.29 is 8.78 Å². The fourth-order valence-corrected chi connectivity index (χ4v) is 2.86. The Morgan fingerprint density at radius 1 is 1.04 bits per heavy atom. The van der Waals surface area contributed by atoms with Crippen LogP contribution in [0.5, 0.6) is 0 Å². The molecule has 1 fully saturated rings. The molecular weight excluding hydrogens is 310 g/mol. The zero-order valence-electron chi connectivity index (χ0n) is 13.8. The molecule has 1 aliphatic rings. The highest BCUT2D eigenvalue weighted by Crippen LogP contribution is 2.19. The second-order valence-electron chi connectivity index (χ2n) is 6.13. The van der Waals surface area contributed by atoms with Crippen LogP contribution in [0.15, 0.2) is 36.5 Å². The van der Waals surface area contributed by atoms with Gasteiger partial charge in [-0.05, 0) is 30.8 Å². The van der Waals surface area contributed by atoms with Gasteiger partial charge in [-0.1, -0.05) is 12.1 Å². The lowest BCUT2D eigenvalue weighted by Gasteiger charge is -2.34. The van der Waals surface area contributed by atoms with Crippen LogP contribution in [-0.2, 0) is 13.1 Å². The molecule has 1 aliphatic heterocycles. The van der Waals surface area contributed by atoms with Crippen molar-refractivity contribution in [1.82, 2.24) is 15.2 Å². The predicted molar refractivity (Wildman–Crippen MR) is 90.8 cm³/mol. The maximum absolute atomic E-state index is 13.2. The maximum Gasteiger partial charge on any atom is 0.159 e. The van der Waals surface area contributed by atoms with E-state index in [2.05, 4.69) is 33.2 Å². The summed E-state index contributed by atoms with van der Waals surface area (Å²) in [5.74, 6) is -0.624. The molecule has 1 saturated heterocycles. The predicted octanol–water partition coefficient (Wildman–Crippen LogP) is 2.40. The van der Waals surface area contributed by atoms with E-state index >= 15 is 0 Å². The van der Waals surface area contributed by atoms with Crippen LogP contribution in [0.4, 0.5) is 14.6 Å². The molecule has 0 radical (unpaired) electrons. The van der Waals surface area contributed by atoms with Crippen molar-refractivity contribution >= 4 is 5.82 Å². The number of nitrogens with zero attached hydrogens (tertiary/aromatic N) is 3. The van der Waals surface area contributed by atoms with Crippen molar-refractivity contribution in [3.05, 3.63) is 59.3 Å². The van der Waals surface area contributed by atoms with Crippen molar-refractivity contribution in [3.8, 4) is 0 Å². The van der Waals surface area contributed by atoms with Crippen LogP contribution >= 0.6 is 0 Å². The number of nitrogens with one attached hydrogen (secondary N) is 1. The molecule has 0 saturated carbocycles. The Hall–Kier alpha value is -2.05. The molecule has 0 spiro atoms. The minimum absolute atomic E-state index is 0.480. The quantitative estimate of drug-likeness (QED) is 0.911. The van der Waals surface area contributed by atoms with Gasteiger partial charge in [0.05, 0.1) is 0 Å². The Balaban J connectivity index is 1.62. The van der Waals surface area contributed by atoms with Gasteiger partial charge in [-0.15, -0.1) is 0 Å². The van der Waals surface area contributed by atoms with Crippen LogP contribution in [0, 0.1) is 11.6 Å². The summed E-state index contributed by atoms with van der Waals surface area (Å²) in [6.45, 7) is 5.09. The molecule has 3 rings (SSSR count). The topological polar surface area (TPSA) is 31.4 Å². The van der Waals surface area contributed by atoms with Gasteiger partial charge in [-0.25, -0.2) is 13.8 Å². The van der Waals surface area contributed by atoms with E-state index in [0.29, 0.717) is 13.1 Å². The molecule has 0 atom stereocenters. The average Bonchev–Trinajstić information content (AvgIpc) is 2.59. The van der Waals surface area contributed by atoms with E-state index in [1.54, 1.807) is 6.07 Å². The lowest BCUT2D eigenvalue weighted by Crippen LogP contribution is -2.45. The van der Waals surface area contributed by atoms with E-state index in [9.17, 15) is 8.78 Å². The van der Waals surface area contributed by atoms with Gasteiger partial charge in [0.2, 0.25) is 0 Å². The van der Waals surface area contributed by atoms with Gasteiger partial charge in [0, 0.05) is 51.0 Å². The van der Waals surface area contributed by atoms with E-state index < -0.39 is 11.6 Å². The number of pyridine rings is 1. The van der Waals surface area contributed by atoms with E-state index in [-0.39, 0.29) is 0 Å². The molecule has 4 nitrogen and oxygen atoms in total. The highest BCUT2D eigenvalue weighted by atomic mass is 19.2. The fourth-order valence-electron chi connectivity index (χ4n) is 2.86. The van der Waals surface area contributed by atoms with Crippen molar-refractivity contribution in [2.45, 2.75) is 13.1 Å². The van der Waals surface area contributed by atoms with Gasteiger partial charge in [0.25, 0.3) is 0 Å². The van der Waals surface area contributed by atoms with Crippen molar-refractivity contribution in [2.24, 2.45) is 0 Å². The molecule has 1 aromatic heterocycles. The van der Waals surface area contributed by atoms with Crippen LogP contribution in [0.25, 0.3) is 0 Å². The highest BCUT2D eigenvalue weighted by Gasteiger charge is 2.17. The van der Waals surface area contributed by atoms with Crippen molar-refractivity contribution in [2.75, 3.05) is 38.1 Å². The summed E-state index contributed by atoms with van der Waals surface area (Å²) >= 11 is 0. The third-order valence-corrected chi connectivity index (χ3v) is 4.30. The molecule has 2 aromatic rings. The molecule has 1 aromatic carbocycles. The summed E-state index contributed by atoms with van der Waals surface area (Å²) in [6.07, 6.45) is 1.81. The normalized spacial score (nSPS) is 15.7. The molecule has 0 amide bonds. The first-order valence-corrected chi connectivity index (χ1v) is 8.15. The number of aromatic nitrogens is 1. The SMILES string of the molecule is CN1CCN(c2ncccc2CNCc2ccc(F)c(F)c2)CC1. The van der Waals surface area contributed by atoms with Crippen LogP contribution in [0.3, 0.4) is 0 Å². The summed E-state index contributed by atoms with van der Waals surface area (Å²) in [4.78, 5) is 9.14. The van der Waals surface area contributed by atoms with Crippen LogP contribution in [0.2, 0.25) is 0 Å². The monoisotopic (exact) mass is 332 g/mol. The van der Waals surface area contributed by atoms with Gasteiger partial charge < -0.3 is 15.1 Å². The number of piperazine rings is 1. The molecule has 6 heteroatoms. The summed E-state index contributed by atoms with van der Waals surface area (Å²) in [5, 5.41) is 3.29. The highest BCUT2D eigenvalue weighted by molar-refractivity contribution is 5.47. The second kappa shape index (κ2) is 7.68. The summed E-state index contributed by atoms with van der Waals surface area (Å²) in [6, 6.07) is 7.96. The first kappa shape index (κ1) is 16.8. The molecule has 0 aliphatic carbocycles. The molecule has 128 valence electrons. The minimum Gasteiger partial charge on any atom is -0.354 e. The maximum atomic E-state index is 13.2. The Morgan fingerprint density at radius 2 is 1.83 bits per heavy atom. The van der Waals surface area contributed by atoms with Gasteiger partial charge in [0.15, 0.2) is 11.6 Å². The minimum atomic E-state index is -0.816. The van der Waals surface area contributed by atoms with Gasteiger partial charge in [0.1, 0.15) is 5.82 Å². The zero-order valence-corrected chi connectivity index (χ0v) is 13.8. The summed E-state index contributed by atoms with van der Waals surface area (Å²) < 4.78 is 26.2. The van der Waals surface area contributed by atoms with E-state index in [1.807, 2.05) is 12.3 Å². The lowest BCUT2D eigenvalue weighted by molar-refractivity contribution is 0.311. The third-order valence-electron chi connectivity index (χ3n) is 4.30. The number of benzene rings is 1. The Bertz CT molecular complexity index is 684. The summed E-state index contributed by atoms with van der Waals surface area (Å²) in [5.41, 5.74) is 1.84. The van der Waals surface area contributed by atoms with Gasteiger partial charge in [-0.2, -0.15) is 0 Å². The number of rotatable bonds is 5. The number of hydrogen-bond donors (Lipinski definition) is 1. The van der Waals surface area contributed by atoms with Crippen LogP contribution in [0.1, 0.15) is 11.1 Å². The number of halogens is 2. The van der Waals surface area contributed by atoms with E-state index in [4.69, 9.17) is 0 Å². The largest absolute Gasteiger partial charge is 0.354 e. The number of likely N-dealkylation sites (N-methyl/N-ethyl adjacent to an activating group) is 1. The molecule has 1 N–H and O–H groups in total. The standard InChI is InChI=1S/C18H22F2N4/c1-23-7-9-24(10-8-23)18-15(3-2-6-22-18)13-21-12-14-4-5-16(19)17(20)11-14/h2-6,11,21H,7-10,12-13H2,1H3. The number of hydrogen-bond acceptors (Lipinski definition) is 4. The van der Waals surface area contributed by atoms with Crippen molar-refractivity contribution in [3.63, 3.8) is 0 Å². The van der Waals surface area contributed by atoms with E-state index in [0.717, 1.165) is 49.2 Å².